The number of amides is 1. The number of carbonyl (C=O) groups is 1. The van der Waals surface area contributed by atoms with E-state index in [-0.39, 0.29) is 17.9 Å². The average Bonchev–Trinajstić information content (AvgIpc) is 2.23. The smallest absolute Gasteiger partial charge is 0.225 e. The lowest BCUT2D eigenvalue weighted by atomic mass is 10.1. The Morgan fingerprint density at radius 2 is 2.06 bits per heavy atom. The highest BCUT2D eigenvalue weighted by Crippen LogP contribution is 2.14. The predicted octanol–water partition coefficient (Wildman–Crippen LogP) is 0.755. The van der Waals surface area contributed by atoms with Gasteiger partial charge in [-0.05, 0) is 6.07 Å². The zero-order chi connectivity index (χ0) is 11.5. The molecule has 0 unspecified atom stereocenters. The first-order chi connectivity index (χ1) is 7.66. The molecule has 0 spiro atoms. The van der Waals surface area contributed by atoms with E-state index in [4.69, 9.17) is 0 Å². The highest BCUT2D eigenvalue weighted by molar-refractivity contribution is 5.79. The first kappa shape index (κ1) is 10.9. The third-order valence-electron chi connectivity index (χ3n) is 2.59. The molecule has 1 amide bonds. The molecule has 2 heterocycles. The summed E-state index contributed by atoms with van der Waals surface area (Å²) in [7, 11) is 0. The Hall–Kier alpha value is -1.65. The van der Waals surface area contributed by atoms with Crippen molar-refractivity contribution in [3.63, 3.8) is 0 Å². The summed E-state index contributed by atoms with van der Waals surface area (Å²) in [6.07, 6.45) is 3.40. The maximum Gasteiger partial charge on any atom is 0.225 e. The maximum atomic E-state index is 11.6. The van der Waals surface area contributed by atoms with Crippen molar-refractivity contribution in [3.05, 3.63) is 18.5 Å². The van der Waals surface area contributed by atoms with Gasteiger partial charge in [0.25, 0.3) is 0 Å². The minimum absolute atomic E-state index is 0.0777. The van der Waals surface area contributed by atoms with Crippen LogP contribution in [0.2, 0.25) is 0 Å². The molecule has 1 N–H and O–H groups in total. The number of likely N-dealkylation sites (tertiary alicyclic amines) is 1. The van der Waals surface area contributed by atoms with Gasteiger partial charge in [0.1, 0.15) is 0 Å². The molecule has 16 heavy (non-hydrogen) atoms. The van der Waals surface area contributed by atoms with Crippen LogP contribution in [0.25, 0.3) is 0 Å². The molecule has 1 fully saturated rings. The first-order valence-electron chi connectivity index (χ1n) is 5.49. The van der Waals surface area contributed by atoms with Crippen LogP contribution in [0.5, 0.6) is 0 Å². The van der Waals surface area contributed by atoms with Gasteiger partial charge in [-0.2, -0.15) is 0 Å². The minimum Gasteiger partial charge on any atom is -0.348 e. The summed E-state index contributed by atoms with van der Waals surface area (Å²) in [5.74, 6) is 0.921. The molecule has 1 aromatic heterocycles. The molecule has 0 radical (unpaired) electrons. The van der Waals surface area contributed by atoms with Crippen LogP contribution in [0.15, 0.2) is 18.5 Å². The lowest BCUT2D eigenvalue weighted by molar-refractivity contribution is -0.138. The summed E-state index contributed by atoms with van der Waals surface area (Å²) in [4.78, 5) is 21.6. The number of hydrogen-bond acceptors (Lipinski definition) is 4. The van der Waals surface area contributed by atoms with Crippen LogP contribution in [-0.4, -0.2) is 39.9 Å². The molecule has 5 nitrogen and oxygen atoms in total. The van der Waals surface area contributed by atoms with Crippen molar-refractivity contribution in [3.8, 4) is 0 Å². The van der Waals surface area contributed by atoms with Crippen molar-refractivity contribution in [2.45, 2.75) is 19.9 Å². The summed E-state index contributed by atoms with van der Waals surface area (Å²) in [5.41, 5.74) is 0. The summed E-state index contributed by atoms with van der Waals surface area (Å²) in [6, 6.07) is 2.06. The van der Waals surface area contributed by atoms with E-state index in [1.165, 1.54) is 0 Å². The van der Waals surface area contributed by atoms with E-state index in [1.54, 1.807) is 18.5 Å². The maximum absolute atomic E-state index is 11.6. The second kappa shape index (κ2) is 4.47. The number of anilines is 1. The molecule has 0 aliphatic carbocycles. The van der Waals surface area contributed by atoms with E-state index in [9.17, 15) is 4.79 Å². The highest BCUT2D eigenvalue weighted by Gasteiger charge is 2.31. The summed E-state index contributed by atoms with van der Waals surface area (Å²) < 4.78 is 0. The van der Waals surface area contributed by atoms with Crippen LogP contribution < -0.4 is 5.32 Å². The molecule has 0 aromatic carbocycles. The predicted molar refractivity (Wildman–Crippen MR) is 60.9 cm³/mol. The molecule has 1 saturated heterocycles. The van der Waals surface area contributed by atoms with E-state index in [2.05, 4.69) is 15.3 Å². The molecule has 1 aliphatic rings. The number of nitrogens with zero attached hydrogens (tertiary/aromatic N) is 3. The van der Waals surface area contributed by atoms with E-state index >= 15 is 0 Å². The fraction of sp³-hybridized carbons (Fsp3) is 0.545. The molecule has 86 valence electrons. The standard InChI is InChI=1S/C11H16N4O/c1-8(2)10(16)15-6-9(7-15)14-11-12-4-3-5-13-11/h3-5,8-9H,6-7H2,1-2H3,(H,12,13,14). The largest absolute Gasteiger partial charge is 0.348 e. The monoisotopic (exact) mass is 220 g/mol. The Labute approximate surface area is 94.9 Å². The molecule has 2 rings (SSSR count). The van der Waals surface area contributed by atoms with Gasteiger partial charge in [-0.3, -0.25) is 4.79 Å². The quantitative estimate of drug-likeness (QED) is 0.817. The van der Waals surface area contributed by atoms with Crippen molar-refractivity contribution in [1.82, 2.24) is 14.9 Å². The number of hydrogen-bond donors (Lipinski definition) is 1. The summed E-state index contributed by atoms with van der Waals surface area (Å²) in [5, 5.41) is 3.19. The van der Waals surface area contributed by atoms with Crippen molar-refractivity contribution < 1.29 is 4.79 Å². The Morgan fingerprint density at radius 3 is 2.62 bits per heavy atom. The van der Waals surface area contributed by atoms with Crippen molar-refractivity contribution in [2.24, 2.45) is 5.92 Å². The topological polar surface area (TPSA) is 58.1 Å². The summed E-state index contributed by atoms with van der Waals surface area (Å²) >= 11 is 0. The van der Waals surface area contributed by atoms with Crippen LogP contribution in [-0.2, 0) is 4.79 Å². The lowest BCUT2D eigenvalue weighted by Crippen LogP contribution is -2.58. The van der Waals surface area contributed by atoms with Gasteiger partial charge < -0.3 is 10.2 Å². The van der Waals surface area contributed by atoms with E-state index < -0.39 is 0 Å². The second-order valence-corrected chi connectivity index (χ2v) is 4.31. The molecular formula is C11H16N4O. The fourth-order valence-electron chi connectivity index (χ4n) is 1.67. The molecule has 5 heteroatoms. The van der Waals surface area contributed by atoms with Gasteiger partial charge >= 0.3 is 0 Å². The Balaban J connectivity index is 1.79. The van der Waals surface area contributed by atoms with E-state index in [0.29, 0.717) is 5.95 Å². The van der Waals surface area contributed by atoms with Crippen LogP contribution in [0.1, 0.15) is 13.8 Å². The Morgan fingerprint density at radius 1 is 1.44 bits per heavy atom. The minimum atomic E-state index is 0.0777. The van der Waals surface area contributed by atoms with Crippen molar-refractivity contribution in [2.75, 3.05) is 18.4 Å². The van der Waals surface area contributed by atoms with Gasteiger partial charge in [0.15, 0.2) is 0 Å². The van der Waals surface area contributed by atoms with Gasteiger partial charge in [-0.1, -0.05) is 13.8 Å². The van der Waals surface area contributed by atoms with Crippen molar-refractivity contribution in [1.29, 1.82) is 0 Å². The van der Waals surface area contributed by atoms with E-state index in [0.717, 1.165) is 13.1 Å². The van der Waals surface area contributed by atoms with Gasteiger partial charge in [0, 0.05) is 31.4 Å². The first-order valence-corrected chi connectivity index (χ1v) is 5.49. The van der Waals surface area contributed by atoms with Crippen LogP contribution in [0.4, 0.5) is 5.95 Å². The zero-order valence-corrected chi connectivity index (χ0v) is 9.55. The number of carbonyl (C=O) groups excluding carboxylic acids is 1. The molecule has 1 aromatic rings. The SMILES string of the molecule is CC(C)C(=O)N1CC(Nc2ncccn2)C1. The molecule has 1 aliphatic heterocycles. The third kappa shape index (κ3) is 2.29. The average molecular weight is 220 g/mol. The fourth-order valence-corrected chi connectivity index (χ4v) is 1.67. The number of rotatable bonds is 3. The highest BCUT2D eigenvalue weighted by atomic mass is 16.2. The van der Waals surface area contributed by atoms with Gasteiger partial charge in [0.05, 0.1) is 6.04 Å². The Bertz CT molecular complexity index is 360. The third-order valence-corrected chi connectivity index (χ3v) is 2.59. The molecule has 0 atom stereocenters. The van der Waals surface area contributed by atoms with Crippen LogP contribution in [0, 0.1) is 5.92 Å². The van der Waals surface area contributed by atoms with Crippen LogP contribution >= 0.6 is 0 Å². The van der Waals surface area contributed by atoms with Crippen molar-refractivity contribution >= 4 is 11.9 Å². The van der Waals surface area contributed by atoms with Gasteiger partial charge in [-0.25, -0.2) is 9.97 Å². The van der Waals surface area contributed by atoms with Gasteiger partial charge in [0.2, 0.25) is 11.9 Å². The molecular weight excluding hydrogens is 204 g/mol. The molecule has 0 bridgehead atoms. The second-order valence-electron chi connectivity index (χ2n) is 4.31. The Kier molecular flexibility index (Phi) is 3.03. The van der Waals surface area contributed by atoms with Gasteiger partial charge in [-0.15, -0.1) is 0 Å². The number of aromatic nitrogens is 2. The summed E-state index contributed by atoms with van der Waals surface area (Å²) in [6.45, 7) is 5.33. The normalized spacial score (nSPS) is 16.1. The molecule has 0 saturated carbocycles. The van der Waals surface area contributed by atoms with Crippen LogP contribution in [0.3, 0.4) is 0 Å². The lowest BCUT2D eigenvalue weighted by Gasteiger charge is -2.40. The van der Waals surface area contributed by atoms with E-state index in [1.807, 2.05) is 18.7 Å². The number of nitrogens with one attached hydrogen (secondary N) is 1. The zero-order valence-electron chi connectivity index (χ0n) is 9.55.